The average Bonchev–Trinajstić information content (AvgIpc) is 2.26. The smallest absolute Gasteiger partial charge is 0.245 e. The molecule has 0 aromatic rings. The number of hydrogen-bond acceptors (Lipinski definition) is 2. The lowest BCUT2D eigenvalue weighted by Gasteiger charge is -2.19. The van der Waals surface area contributed by atoms with Gasteiger partial charge in [0.25, 0.3) is 0 Å². The highest BCUT2D eigenvalue weighted by Gasteiger charge is 2.12. The van der Waals surface area contributed by atoms with E-state index in [-0.39, 0.29) is 17.8 Å². The lowest BCUT2D eigenvalue weighted by atomic mass is 10.1. The molecule has 0 rings (SSSR count). The van der Waals surface area contributed by atoms with Crippen molar-refractivity contribution in [2.45, 2.75) is 59.3 Å². The third-order valence-corrected chi connectivity index (χ3v) is 2.66. The van der Waals surface area contributed by atoms with Crippen molar-refractivity contribution in [3.8, 4) is 0 Å². The molecule has 0 aromatic heterocycles. The van der Waals surface area contributed by atoms with Gasteiger partial charge in [-0.05, 0) is 6.42 Å². The van der Waals surface area contributed by atoms with Crippen molar-refractivity contribution in [3.63, 3.8) is 0 Å². The quantitative estimate of drug-likeness (QED) is 0.430. The van der Waals surface area contributed by atoms with Crippen molar-refractivity contribution in [1.82, 2.24) is 4.90 Å². The minimum atomic E-state index is -0.387. The van der Waals surface area contributed by atoms with Crippen molar-refractivity contribution >= 4 is 17.8 Å². The second-order valence-electron chi connectivity index (χ2n) is 4.43. The Bertz CT molecular complexity index is 301. The summed E-state index contributed by atoms with van der Waals surface area (Å²) in [5.41, 5.74) is 5.62. The molecule has 5 nitrogen and oxygen atoms in total. The van der Waals surface area contributed by atoms with E-state index in [9.17, 15) is 9.59 Å². The highest BCUT2D eigenvalue weighted by Crippen LogP contribution is 2.06. The molecule has 0 atom stereocenters. The molecule has 0 aromatic carbocycles. The number of unbranched alkanes of at least 4 members (excludes halogenated alkanes) is 5. The maximum Gasteiger partial charge on any atom is 0.245 e. The number of aliphatic imine (C=N–C) groups is 1. The van der Waals surface area contributed by atoms with Crippen LogP contribution < -0.4 is 5.73 Å². The van der Waals surface area contributed by atoms with Gasteiger partial charge in [0.05, 0.1) is 0 Å². The van der Waals surface area contributed by atoms with Crippen LogP contribution in [0.3, 0.4) is 0 Å². The van der Waals surface area contributed by atoms with Crippen LogP contribution in [0.2, 0.25) is 0 Å². The third kappa shape index (κ3) is 7.81. The van der Waals surface area contributed by atoms with Crippen molar-refractivity contribution in [3.05, 3.63) is 0 Å². The molecule has 2 N–H and O–H groups in total. The Labute approximate surface area is 109 Å². The molecule has 0 aliphatic heterocycles. The van der Waals surface area contributed by atoms with Crippen LogP contribution in [-0.2, 0) is 9.59 Å². The van der Waals surface area contributed by atoms with Crippen LogP contribution in [0.1, 0.15) is 59.3 Å². The Balaban J connectivity index is 4.06. The van der Waals surface area contributed by atoms with Gasteiger partial charge >= 0.3 is 0 Å². The van der Waals surface area contributed by atoms with Crippen molar-refractivity contribution in [1.29, 1.82) is 0 Å². The Kier molecular flexibility index (Phi) is 8.88. The highest BCUT2D eigenvalue weighted by atomic mass is 16.2. The number of hydrogen-bond donors (Lipinski definition) is 1. The van der Waals surface area contributed by atoms with E-state index in [0.29, 0.717) is 6.54 Å². The topological polar surface area (TPSA) is 75.8 Å². The number of rotatable bonds is 7. The van der Waals surface area contributed by atoms with Gasteiger partial charge in [-0.2, -0.15) is 4.99 Å². The van der Waals surface area contributed by atoms with E-state index in [4.69, 9.17) is 5.73 Å². The van der Waals surface area contributed by atoms with Gasteiger partial charge in [0, 0.05) is 20.4 Å². The molecule has 18 heavy (non-hydrogen) atoms. The van der Waals surface area contributed by atoms with E-state index >= 15 is 0 Å². The average molecular weight is 255 g/mol. The molecule has 0 fully saturated rings. The maximum atomic E-state index is 11.4. The predicted octanol–water partition coefficient (Wildman–Crippen LogP) is 2.06. The normalized spacial score (nSPS) is 11.4. The Morgan fingerprint density at radius 1 is 1.06 bits per heavy atom. The predicted molar refractivity (Wildman–Crippen MR) is 73.1 cm³/mol. The van der Waals surface area contributed by atoms with Gasteiger partial charge in [-0.3, -0.25) is 14.5 Å². The van der Waals surface area contributed by atoms with E-state index in [1.165, 1.54) is 44.4 Å². The van der Waals surface area contributed by atoms with Crippen molar-refractivity contribution < 1.29 is 9.59 Å². The van der Waals surface area contributed by atoms with Gasteiger partial charge in [-0.1, -0.05) is 39.0 Å². The Morgan fingerprint density at radius 2 is 1.61 bits per heavy atom. The number of guanidine groups is 1. The summed E-state index contributed by atoms with van der Waals surface area (Å²) in [5.74, 6) is -0.559. The molecular weight excluding hydrogens is 230 g/mol. The Hall–Kier alpha value is -1.39. The molecule has 104 valence electrons. The SMILES string of the molecule is CCCCCCCCN(C(C)=O)C(N)=NC(C)=O. The fourth-order valence-corrected chi connectivity index (χ4v) is 1.71. The minimum absolute atomic E-state index is 0.00329. The lowest BCUT2D eigenvalue weighted by molar-refractivity contribution is -0.125. The molecule has 0 saturated carbocycles. The van der Waals surface area contributed by atoms with Crippen LogP contribution in [0, 0.1) is 0 Å². The van der Waals surface area contributed by atoms with Gasteiger partial charge in [0.1, 0.15) is 0 Å². The number of carbonyl (C=O) groups is 2. The van der Waals surface area contributed by atoms with Crippen LogP contribution in [-0.4, -0.2) is 29.2 Å². The minimum Gasteiger partial charge on any atom is -0.369 e. The fraction of sp³-hybridized carbons (Fsp3) is 0.769. The summed E-state index contributed by atoms with van der Waals surface area (Å²) in [6.45, 7) is 5.45. The summed E-state index contributed by atoms with van der Waals surface area (Å²) in [6.07, 6.45) is 6.83. The standard InChI is InChI=1S/C13H25N3O2/c1-4-5-6-7-8-9-10-16(12(3)18)13(14)15-11(2)17/h4-10H2,1-3H3,(H2,14,15,17). The fourth-order valence-electron chi connectivity index (χ4n) is 1.71. The molecule has 0 aliphatic carbocycles. The first-order valence-corrected chi connectivity index (χ1v) is 6.61. The first-order valence-electron chi connectivity index (χ1n) is 6.61. The van der Waals surface area contributed by atoms with Gasteiger partial charge in [-0.25, -0.2) is 0 Å². The van der Waals surface area contributed by atoms with Crippen LogP contribution in [0.15, 0.2) is 4.99 Å². The molecule has 5 heteroatoms. The summed E-state index contributed by atoms with van der Waals surface area (Å²) in [7, 11) is 0. The zero-order valence-electron chi connectivity index (χ0n) is 11.7. The molecule has 0 unspecified atom stereocenters. The Morgan fingerprint density at radius 3 is 2.11 bits per heavy atom. The zero-order chi connectivity index (χ0) is 14.0. The molecule has 0 spiro atoms. The zero-order valence-corrected chi connectivity index (χ0v) is 11.7. The molecule has 0 aliphatic rings. The maximum absolute atomic E-state index is 11.4. The molecular formula is C13H25N3O2. The number of nitrogens with two attached hydrogens (primary N) is 1. The largest absolute Gasteiger partial charge is 0.369 e. The van der Waals surface area contributed by atoms with Crippen molar-refractivity contribution in [2.75, 3.05) is 6.54 Å². The number of carbonyl (C=O) groups excluding carboxylic acids is 2. The molecule has 0 saturated heterocycles. The van der Waals surface area contributed by atoms with Gasteiger partial charge in [0.2, 0.25) is 17.8 Å². The monoisotopic (exact) mass is 255 g/mol. The second-order valence-corrected chi connectivity index (χ2v) is 4.43. The van der Waals surface area contributed by atoms with Gasteiger partial charge < -0.3 is 5.73 Å². The van der Waals surface area contributed by atoms with Crippen molar-refractivity contribution in [2.24, 2.45) is 10.7 Å². The number of nitrogens with zero attached hydrogens (tertiary/aromatic N) is 2. The van der Waals surface area contributed by atoms with E-state index in [0.717, 1.165) is 12.8 Å². The summed E-state index contributed by atoms with van der Waals surface area (Å²) in [4.78, 5) is 27.2. The van der Waals surface area contributed by atoms with E-state index < -0.39 is 0 Å². The first kappa shape index (κ1) is 16.6. The van der Waals surface area contributed by atoms with E-state index in [1.807, 2.05) is 0 Å². The van der Waals surface area contributed by atoms with Gasteiger partial charge in [-0.15, -0.1) is 0 Å². The summed E-state index contributed by atoms with van der Waals surface area (Å²) < 4.78 is 0. The van der Waals surface area contributed by atoms with Crippen LogP contribution in [0.25, 0.3) is 0 Å². The van der Waals surface area contributed by atoms with E-state index in [2.05, 4.69) is 11.9 Å². The van der Waals surface area contributed by atoms with Crippen LogP contribution in [0.5, 0.6) is 0 Å². The second kappa shape index (κ2) is 9.62. The molecule has 0 radical (unpaired) electrons. The summed E-state index contributed by atoms with van der Waals surface area (Å²) in [6, 6.07) is 0. The number of amides is 2. The third-order valence-electron chi connectivity index (χ3n) is 2.66. The lowest BCUT2D eigenvalue weighted by Crippen LogP contribution is -2.41. The van der Waals surface area contributed by atoms with Gasteiger partial charge in [0.15, 0.2) is 0 Å². The summed E-state index contributed by atoms with van der Waals surface area (Å²) >= 11 is 0. The van der Waals surface area contributed by atoms with Crippen LogP contribution >= 0.6 is 0 Å². The molecule has 2 amide bonds. The van der Waals surface area contributed by atoms with Crippen LogP contribution in [0.4, 0.5) is 0 Å². The highest BCUT2D eigenvalue weighted by molar-refractivity contribution is 6.00. The first-order chi connectivity index (χ1) is 8.49. The summed E-state index contributed by atoms with van der Waals surface area (Å²) in [5, 5.41) is 0. The van der Waals surface area contributed by atoms with E-state index in [1.54, 1.807) is 0 Å². The molecule has 0 heterocycles. The molecule has 0 bridgehead atoms.